The molecule has 0 radical (unpaired) electrons. The molecule has 1 unspecified atom stereocenters. The summed E-state index contributed by atoms with van der Waals surface area (Å²) in [5.41, 5.74) is 2.11. The number of hydrogen-bond donors (Lipinski definition) is 2. The van der Waals surface area contributed by atoms with Gasteiger partial charge in [0.25, 0.3) is 0 Å². The van der Waals surface area contributed by atoms with Gasteiger partial charge in [0.15, 0.2) is 0 Å². The summed E-state index contributed by atoms with van der Waals surface area (Å²) in [6, 6.07) is 8.29. The van der Waals surface area contributed by atoms with Crippen molar-refractivity contribution < 1.29 is 9.52 Å². The fourth-order valence-corrected chi connectivity index (χ4v) is 2.34. The molecule has 0 aliphatic rings. The smallest absolute Gasteiger partial charge is 0.134 e. The Labute approximate surface area is 108 Å². The number of para-hydroxylation sites is 1. The highest BCUT2D eigenvalue weighted by atomic mass is 16.3. The molecular formula is C15H21NO2. The minimum atomic E-state index is 0.106. The zero-order chi connectivity index (χ0) is 13.1. The summed E-state index contributed by atoms with van der Waals surface area (Å²) in [5, 5.41) is 13.8. The lowest BCUT2D eigenvalue weighted by Crippen LogP contribution is -2.33. The zero-order valence-electron chi connectivity index (χ0n) is 11.2. The summed E-state index contributed by atoms with van der Waals surface area (Å²) >= 11 is 0. The Morgan fingerprint density at radius 1 is 1.33 bits per heavy atom. The van der Waals surface area contributed by atoms with Crippen LogP contribution in [0.15, 0.2) is 28.7 Å². The summed E-state index contributed by atoms with van der Waals surface area (Å²) in [6.07, 6.45) is 0.903. The second-order valence-electron chi connectivity index (χ2n) is 4.76. The highest BCUT2D eigenvalue weighted by molar-refractivity contribution is 5.82. The molecular weight excluding hydrogens is 226 g/mol. The van der Waals surface area contributed by atoms with Crippen molar-refractivity contribution in [3.63, 3.8) is 0 Å². The Morgan fingerprint density at radius 2 is 2.06 bits per heavy atom. The normalized spacial score (nSPS) is 14.9. The Hall–Kier alpha value is -1.32. The van der Waals surface area contributed by atoms with E-state index >= 15 is 0 Å². The van der Waals surface area contributed by atoms with E-state index in [9.17, 15) is 5.11 Å². The van der Waals surface area contributed by atoms with Crippen LogP contribution in [0.5, 0.6) is 0 Å². The van der Waals surface area contributed by atoms with E-state index in [1.54, 1.807) is 0 Å². The van der Waals surface area contributed by atoms with Crippen LogP contribution in [0.4, 0.5) is 0 Å². The van der Waals surface area contributed by atoms with Crippen molar-refractivity contribution in [1.29, 1.82) is 0 Å². The van der Waals surface area contributed by atoms with E-state index in [0.717, 1.165) is 23.2 Å². The molecule has 2 aromatic rings. The maximum absolute atomic E-state index is 9.24. The molecule has 3 heteroatoms. The number of aliphatic hydroxyl groups excluding tert-OH is 1. The topological polar surface area (TPSA) is 45.4 Å². The van der Waals surface area contributed by atoms with Crippen molar-refractivity contribution in [2.75, 3.05) is 6.61 Å². The molecule has 2 N–H and O–H groups in total. The molecule has 0 fully saturated rings. The van der Waals surface area contributed by atoms with Crippen molar-refractivity contribution >= 4 is 11.0 Å². The fraction of sp³-hybridized carbons (Fsp3) is 0.467. The van der Waals surface area contributed by atoms with Gasteiger partial charge in [-0.1, -0.05) is 25.1 Å². The van der Waals surface area contributed by atoms with Gasteiger partial charge in [0.2, 0.25) is 0 Å². The summed E-state index contributed by atoms with van der Waals surface area (Å²) in [7, 11) is 0. The molecule has 2 rings (SSSR count). The number of aliphatic hydroxyl groups is 1. The molecule has 1 aromatic carbocycles. The molecule has 0 saturated carbocycles. The number of nitrogens with one attached hydrogen (secondary N) is 1. The molecule has 2 atom stereocenters. The Kier molecular flexibility index (Phi) is 4.04. The van der Waals surface area contributed by atoms with Crippen LogP contribution in [0, 0.1) is 6.92 Å². The van der Waals surface area contributed by atoms with E-state index in [1.165, 1.54) is 5.56 Å². The first-order valence-electron chi connectivity index (χ1n) is 6.52. The van der Waals surface area contributed by atoms with Gasteiger partial charge in [0.05, 0.1) is 12.6 Å². The first kappa shape index (κ1) is 13.1. The number of benzene rings is 1. The average Bonchev–Trinajstić information content (AvgIpc) is 2.74. The molecule has 0 bridgehead atoms. The van der Waals surface area contributed by atoms with E-state index < -0.39 is 0 Å². The van der Waals surface area contributed by atoms with Crippen LogP contribution in [0.2, 0.25) is 0 Å². The average molecular weight is 247 g/mol. The second-order valence-corrected chi connectivity index (χ2v) is 4.76. The Morgan fingerprint density at radius 3 is 2.67 bits per heavy atom. The SMILES string of the molecule is CC[C@@H](CO)NC(C)c1oc2ccccc2c1C. The number of hydrogen-bond acceptors (Lipinski definition) is 3. The van der Waals surface area contributed by atoms with Crippen molar-refractivity contribution in [1.82, 2.24) is 5.32 Å². The van der Waals surface area contributed by atoms with Crippen LogP contribution in [-0.4, -0.2) is 17.8 Å². The second kappa shape index (κ2) is 5.55. The van der Waals surface area contributed by atoms with Gasteiger partial charge in [-0.3, -0.25) is 0 Å². The molecule has 0 spiro atoms. The number of furan rings is 1. The standard InChI is InChI=1S/C15H21NO2/c1-4-12(9-17)16-11(3)15-10(2)13-7-5-6-8-14(13)18-15/h5-8,11-12,16-17H,4,9H2,1-3H3/t11?,12-/m0/s1. The molecule has 18 heavy (non-hydrogen) atoms. The minimum absolute atomic E-state index is 0.106. The van der Waals surface area contributed by atoms with Gasteiger partial charge < -0.3 is 14.8 Å². The van der Waals surface area contributed by atoms with Crippen molar-refractivity contribution in [3.8, 4) is 0 Å². The molecule has 0 saturated heterocycles. The zero-order valence-corrected chi connectivity index (χ0v) is 11.2. The quantitative estimate of drug-likeness (QED) is 0.853. The molecule has 0 aliphatic heterocycles. The molecule has 0 amide bonds. The highest BCUT2D eigenvalue weighted by Crippen LogP contribution is 2.29. The van der Waals surface area contributed by atoms with Gasteiger partial charge in [-0.2, -0.15) is 0 Å². The van der Waals surface area contributed by atoms with Crippen LogP contribution >= 0.6 is 0 Å². The van der Waals surface area contributed by atoms with Crippen LogP contribution in [0.1, 0.15) is 37.6 Å². The molecule has 0 aliphatic carbocycles. The third kappa shape index (κ3) is 2.42. The predicted octanol–water partition coefficient (Wildman–Crippen LogP) is 3.16. The van der Waals surface area contributed by atoms with Crippen molar-refractivity contribution in [2.24, 2.45) is 0 Å². The van der Waals surface area contributed by atoms with Gasteiger partial charge in [0.1, 0.15) is 11.3 Å². The Bertz CT molecular complexity index is 514. The van der Waals surface area contributed by atoms with Crippen molar-refractivity contribution in [2.45, 2.75) is 39.3 Å². The highest BCUT2D eigenvalue weighted by Gasteiger charge is 2.18. The van der Waals surface area contributed by atoms with Gasteiger partial charge >= 0.3 is 0 Å². The summed E-state index contributed by atoms with van der Waals surface area (Å²) in [4.78, 5) is 0. The third-order valence-electron chi connectivity index (χ3n) is 3.47. The first-order chi connectivity index (χ1) is 8.67. The van der Waals surface area contributed by atoms with Crippen LogP contribution in [0.3, 0.4) is 0 Å². The lowest BCUT2D eigenvalue weighted by Gasteiger charge is -2.19. The van der Waals surface area contributed by atoms with Crippen LogP contribution < -0.4 is 5.32 Å². The Balaban J connectivity index is 2.27. The van der Waals surface area contributed by atoms with Gasteiger partial charge in [-0.25, -0.2) is 0 Å². The number of rotatable bonds is 5. The van der Waals surface area contributed by atoms with E-state index in [4.69, 9.17) is 4.42 Å². The molecule has 1 heterocycles. The summed E-state index contributed by atoms with van der Waals surface area (Å²) in [6.45, 7) is 6.37. The maximum atomic E-state index is 9.24. The van der Waals surface area contributed by atoms with E-state index in [1.807, 2.05) is 18.2 Å². The van der Waals surface area contributed by atoms with Gasteiger partial charge in [-0.15, -0.1) is 0 Å². The largest absolute Gasteiger partial charge is 0.459 e. The van der Waals surface area contributed by atoms with E-state index in [0.29, 0.717) is 0 Å². The van der Waals surface area contributed by atoms with E-state index in [-0.39, 0.29) is 18.7 Å². The first-order valence-corrected chi connectivity index (χ1v) is 6.52. The number of fused-ring (bicyclic) bond motifs is 1. The van der Waals surface area contributed by atoms with Crippen LogP contribution in [-0.2, 0) is 0 Å². The van der Waals surface area contributed by atoms with Crippen LogP contribution in [0.25, 0.3) is 11.0 Å². The summed E-state index contributed by atoms with van der Waals surface area (Å²) < 4.78 is 5.91. The van der Waals surface area contributed by atoms with Gasteiger partial charge in [0, 0.05) is 11.4 Å². The minimum Gasteiger partial charge on any atom is -0.459 e. The molecule has 3 nitrogen and oxygen atoms in total. The fourth-order valence-electron chi connectivity index (χ4n) is 2.34. The number of aryl methyl sites for hydroxylation is 1. The summed E-state index contributed by atoms with van der Waals surface area (Å²) in [5.74, 6) is 0.961. The van der Waals surface area contributed by atoms with E-state index in [2.05, 4.69) is 32.2 Å². The third-order valence-corrected chi connectivity index (χ3v) is 3.47. The predicted molar refractivity (Wildman–Crippen MR) is 73.7 cm³/mol. The molecule has 1 aromatic heterocycles. The lowest BCUT2D eigenvalue weighted by molar-refractivity contribution is 0.225. The molecule has 98 valence electrons. The van der Waals surface area contributed by atoms with Gasteiger partial charge in [-0.05, 0) is 31.9 Å². The maximum Gasteiger partial charge on any atom is 0.134 e. The lowest BCUT2D eigenvalue weighted by atomic mass is 10.1. The van der Waals surface area contributed by atoms with Crippen molar-refractivity contribution in [3.05, 3.63) is 35.6 Å². The monoisotopic (exact) mass is 247 g/mol.